The fourth-order valence-electron chi connectivity index (χ4n) is 9.52. The molecule has 1 nitrogen and oxygen atoms in total. The molecule has 0 atom stereocenters. The zero-order chi connectivity index (χ0) is 35.3. The third kappa shape index (κ3) is 4.19. The van der Waals surface area contributed by atoms with Crippen molar-refractivity contribution < 1.29 is 0 Å². The number of rotatable bonds is 4. The lowest BCUT2D eigenvalue weighted by atomic mass is 9.70. The van der Waals surface area contributed by atoms with Gasteiger partial charge in [0.05, 0.1) is 15.8 Å². The van der Waals surface area contributed by atoms with Crippen LogP contribution in [0.3, 0.4) is 0 Å². The van der Waals surface area contributed by atoms with Gasteiger partial charge in [-0.05, 0) is 117 Å². The quantitative estimate of drug-likeness (QED) is 0.177. The van der Waals surface area contributed by atoms with E-state index in [4.69, 9.17) is 0 Å². The van der Waals surface area contributed by atoms with E-state index in [1.807, 2.05) is 11.3 Å². The Bertz CT molecular complexity index is 2880. The fourth-order valence-corrected chi connectivity index (χ4v) is 10.7. The number of aryl methyl sites for hydroxylation is 2. The van der Waals surface area contributed by atoms with Crippen LogP contribution >= 0.6 is 11.3 Å². The molecule has 0 unspecified atom stereocenters. The van der Waals surface area contributed by atoms with Gasteiger partial charge in [-0.15, -0.1) is 11.3 Å². The molecule has 1 heterocycles. The second-order valence-electron chi connectivity index (χ2n) is 14.5. The first kappa shape index (κ1) is 30.4. The molecule has 250 valence electrons. The standard InChI is InChI=1S/C51H35NS/c1-32-14-3-4-15-36(32)37-28-26-34(30-33(37)2)52(48-24-13-20-43-42-19-8-12-25-49(42)53-50(43)48)35-27-29-41-40-18-7-11-23-46(40)51(47(41)31-35)44-21-9-5-16-38(44)39-17-6-10-22-45(39)51/h3-31H,1-2H3. The van der Waals surface area contributed by atoms with Crippen LogP contribution in [-0.4, -0.2) is 0 Å². The van der Waals surface area contributed by atoms with Gasteiger partial charge in [0.25, 0.3) is 0 Å². The smallest absolute Gasteiger partial charge is 0.0726 e. The van der Waals surface area contributed by atoms with Gasteiger partial charge in [-0.25, -0.2) is 0 Å². The highest BCUT2D eigenvalue weighted by molar-refractivity contribution is 7.26. The van der Waals surface area contributed by atoms with Crippen LogP contribution in [0.5, 0.6) is 0 Å². The summed E-state index contributed by atoms with van der Waals surface area (Å²) in [4.78, 5) is 2.51. The third-order valence-electron chi connectivity index (χ3n) is 11.8. The molecule has 1 spiro atoms. The maximum absolute atomic E-state index is 2.51. The van der Waals surface area contributed by atoms with Gasteiger partial charge in [0.1, 0.15) is 0 Å². The first-order valence-corrected chi connectivity index (χ1v) is 19.3. The monoisotopic (exact) mass is 693 g/mol. The molecular weight excluding hydrogens is 659 g/mol. The van der Waals surface area contributed by atoms with Gasteiger partial charge in [-0.2, -0.15) is 0 Å². The van der Waals surface area contributed by atoms with Crippen LogP contribution in [-0.2, 0) is 5.41 Å². The molecule has 0 amide bonds. The summed E-state index contributed by atoms with van der Waals surface area (Å²) in [5.74, 6) is 0. The molecule has 2 heteroatoms. The molecule has 53 heavy (non-hydrogen) atoms. The molecule has 0 N–H and O–H groups in total. The number of hydrogen-bond acceptors (Lipinski definition) is 2. The van der Waals surface area contributed by atoms with E-state index < -0.39 is 5.41 Å². The highest BCUT2D eigenvalue weighted by atomic mass is 32.1. The Hall–Kier alpha value is -6.22. The van der Waals surface area contributed by atoms with E-state index in [0.717, 1.165) is 11.4 Å². The van der Waals surface area contributed by atoms with Gasteiger partial charge in [0.2, 0.25) is 0 Å². The molecule has 2 aliphatic carbocycles. The Kier molecular flexibility index (Phi) is 6.53. The predicted molar refractivity (Wildman–Crippen MR) is 225 cm³/mol. The normalized spacial score (nSPS) is 13.2. The number of anilines is 3. The van der Waals surface area contributed by atoms with Crippen molar-refractivity contribution in [2.75, 3.05) is 4.90 Å². The fraction of sp³-hybridized carbons (Fsp3) is 0.0588. The summed E-state index contributed by atoms with van der Waals surface area (Å²) in [6, 6.07) is 65.8. The minimum absolute atomic E-state index is 0.408. The molecule has 0 saturated carbocycles. The van der Waals surface area contributed by atoms with Gasteiger partial charge < -0.3 is 4.90 Å². The molecular formula is C51H35NS. The average Bonchev–Trinajstić information content (AvgIpc) is 3.83. The first-order valence-electron chi connectivity index (χ1n) is 18.4. The van der Waals surface area contributed by atoms with Crippen molar-refractivity contribution in [3.63, 3.8) is 0 Å². The molecule has 0 radical (unpaired) electrons. The van der Waals surface area contributed by atoms with Gasteiger partial charge in [-0.3, -0.25) is 0 Å². The zero-order valence-electron chi connectivity index (χ0n) is 29.6. The second kappa shape index (κ2) is 11.4. The highest BCUT2D eigenvalue weighted by Gasteiger charge is 2.51. The number of fused-ring (bicyclic) bond motifs is 13. The highest BCUT2D eigenvalue weighted by Crippen LogP contribution is 2.63. The molecule has 9 aromatic rings. The zero-order valence-corrected chi connectivity index (χ0v) is 30.4. The van der Waals surface area contributed by atoms with E-state index in [0.29, 0.717) is 0 Å². The van der Waals surface area contributed by atoms with Crippen LogP contribution in [0.25, 0.3) is 53.6 Å². The van der Waals surface area contributed by atoms with E-state index in [9.17, 15) is 0 Å². The summed E-state index contributed by atoms with van der Waals surface area (Å²) in [5.41, 5.74) is 18.9. The maximum atomic E-state index is 2.51. The van der Waals surface area contributed by atoms with Crippen LogP contribution in [0, 0.1) is 13.8 Å². The summed E-state index contributed by atoms with van der Waals surface area (Å²) in [6.07, 6.45) is 0. The lowest BCUT2D eigenvalue weighted by molar-refractivity contribution is 0.793. The Labute approximate surface area is 314 Å². The molecule has 0 bridgehead atoms. The van der Waals surface area contributed by atoms with Crippen molar-refractivity contribution in [3.05, 3.63) is 209 Å². The summed E-state index contributed by atoms with van der Waals surface area (Å²) in [7, 11) is 0. The van der Waals surface area contributed by atoms with E-state index in [-0.39, 0.29) is 0 Å². The minimum Gasteiger partial charge on any atom is -0.309 e. The predicted octanol–water partition coefficient (Wildman–Crippen LogP) is 14.2. The first-order chi connectivity index (χ1) is 26.1. The molecule has 0 saturated heterocycles. The molecule has 8 aromatic carbocycles. The van der Waals surface area contributed by atoms with E-state index >= 15 is 0 Å². The number of thiophene rings is 1. The second-order valence-corrected chi connectivity index (χ2v) is 15.6. The number of benzene rings is 8. The van der Waals surface area contributed by atoms with Crippen molar-refractivity contribution in [2.45, 2.75) is 19.3 Å². The molecule has 1 aromatic heterocycles. The van der Waals surface area contributed by atoms with Crippen LogP contribution in [0.4, 0.5) is 17.1 Å². The lowest BCUT2D eigenvalue weighted by Crippen LogP contribution is -2.26. The van der Waals surface area contributed by atoms with Crippen molar-refractivity contribution in [2.24, 2.45) is 0 Å². The molecule has 11 rings (SSSR count). The Morgan fingerprint density at radius 1 is 0.396 bits per heavy atom. The topological polar surface area (TPSA) is 3.24 Å². The van der Waals surface area contributed by atoms with Crippen LogP contribution in [0.15, 0.2) is 176 Å². The Morgan fingerprint density at radius 3 is 1.57 bits per heavy atom. The van der Waals surface area contributed by atoms with Gasteiger partial charge in [0, 0.05) is 26.8 Å². The summed E-state index contributed by atoms with van der Waals surface area (Å²) < 4.78 is 2.60. The third-order valence-corrected chi connectivity index (χ3v) is 13.0. The van der Waals surface area contributed by atoms with Crippen LogP contribution < -0.4 is 4.90 Å². The maximum Gasteiger partial charge on any atom is 0.0726 e. The van der Waals surface area contributed by atoms with Crippen molar-refractivity contribution in [1.29, 1.82) is 0 Å². The van der Waals surface area contributed by atoms with E-state index in [1.165, 1.54) is 92.6 Å². The molecule has 0 aliphatic heterocycles. The van der Waals surface area contributed by atoms with Crippen molar-refractivity contribution in [1.82, 2.24) is 0 Å². The molecule has 0 fully saturated rings. The van der Waals surface area contributed by atoms with Crippen molar-refractivity contribution in [3.8, 4) is 33.4 Å². The van der Waals surface area contributed by atoms with Gasteiger partial charge in [-0.1, -0.05) is 140 Å². The average molecular weight is 694 g/mol. The summed E-state index contributed by atoms with van der Waals surface area (Å²) in [6.45, 7) is 4.46. The van der Waals surface area contributed by atoms with E-state index in [2.05, 4.69) is 195 Å². The van der Waals surface area contributed by atoms with Crippen LogP contribution in [0.1, 0.15) is 33.4 Å². The lowest BCUT2D eigenvalue weighted by Gasteiger charge is -2.32. The van der Waals surface area contributed by atoms with Gasteiger partial charge >= 0.3 is 0 Å². The van der Waals surface area contributed by atoms with Crippen molar-refractivity contribution >= 4 is 48.6 Å². The minimum atomic E-state index is -0.408. The molecule has 2 aliphatic rings. The summed E-state index contributed by atoms with van der Waals surface area (Å²) >= 11 is 1.89. The summed E-state index contributed by atoms with van der Waals surface area (Å²) in [5, 5.41) is 2.60. The SMILES string of the molecule is Cc1ccccc1-c1ccc(N(c2ccc3c(c2)C2(c4ccccc4-c4ccccc42)c2ccccc2-3)c2cccc3c2sc2ccccc23)cc1C. The number of hydrogen-bond donors (Lipinski definition) is 0. The number of nitrogens with zero attached hydrogens (tertiary/aromatic N) is 1. The van der Waals surface area contributed by atoms with Crippen LogP contribution in [0.2, 0.25) is 0 Å². The van der Waals surface area contributed by atoms with E-state index in [1.54, 1.807) is 0 Å². The Balaban J connectivity index is 1.20. The Morgan fingerprint density at radius 2 is 0.906 bits per heavy atom. The largest absolute Gasteiger partial charge is 0.309 e. The van der Waals surface area contributed by atoms with Gasteiger partial charge in [0.15, 0.2) is 0 Å².